The van der Waals surface area contributed by atoms with E-state index in [9.17, 15) is 14.0 Å². The fourth-order valence-corrected chi connectivity index (χ4v) is 1.11. The number of halogens is 1. The van der Waals surface area contributed by atoms with Gasteiger partial charge >= 0.3 is 5.97 Å². The number of carboxylic acid groups (broad SMARTS) is 1. The summed E-state index contributed by atoms with van der Waals surface area (Å²) in [6.07, 6.45) is 2.93. The average Bonchev–Trinajstić information content (AvgIpc) is 2.20. The van der Waals surface area contributed by atoms with Crippen molar-refractivity contribution in [2.24, 2.45) is 0 Å². The highest BCUT2D eigenvalue weighted by Gasteiger charge is 2.03. The first-order chi connectivity index (χ1) is 7.15. The Morgan fingerprint density at radius 1 is 1.47 bits per heavy atom. The molecule has 1 aromatic rings. The maximum absolute atomic E-state index is 13.2. The fraction of sp³-hybridized carbons (Fsp3) is 0.0909. The standard InChI is InChI=1S/C11H9FO3/c12-10-5-1-3-8(7-13)9(10)4-2-6-11(14)15/h1-5,7H,6H2,(H,14,15). The molecule has 0 aromatic heterocycles. The molecule has 0 atom stereocenters. The molecule has 78 valence electrons. The van der Waals surface area contributed by atoms with Crippen LogP contribution in [0.25, 0.3) is 6.08 Å². The van der Waals surface area contributed by atoms with E-state index in [4.69, 9.17) is 5.11 Å². The Balaban J connectivity index is 2.97. The van der Waals surface area contributed by atoms with Crippen LogP contribution in [0.4, 0.5) is 4.39 Å². The Hall–Kier alpha value is -1.97. The van der Waals surface area contributed by atoms with Crippen molar-refractivity contribution >= 4 is 18.3 Å². The van der Waals surface area contributed by atoms with Gasteiger partial charge in [-0.1, -0.05) is 24.3 Å². The van der Waals surface area contributed by atoms with Crippen molar-refractivity contribution in [1.82, 2.24) is 0 Å². The molecular formula is C11H9FO3. The molecule has 0 amide bonds. The Morgan fingerprint density at radius 3 is 2.80 bits per heavy atom. The van der Waals surface area contributed by atoms with Crippen LogP contribution < -0.4 is 0 Å². The van der Waals surface area contributed by atoms with E-state index in [0.717, 1.165) is 0 Å². The van der Waals surface area contributed by atoms with Crippen molar-refractivity contribution in [2.45, 2.75) is 6.42 Å². The zero-order chi connectivity index (χ0) is 11.3. The third-order valence-corrected chi connectivity index (χ3v) is 1.79. The van der Waals surface area contributed by atoms with Gasteiger partial charge in [-0.2, -0.15) is 0 Å². The number of hydrogen-bond donors (Lipinski definition) is 1. The molecule has 0 aliphatic heterocycles. The van der Waals surface area contributed by atoms with E-state index in [-0.39, 0.29) is 17.5 Å². The highest BCUT2D eigenvalue weighted by molar-refractivity contribution is 5.82. The molecule has 1 N–H and O–H groups in total. The lowest BCUT2D eigenvalue weighted by Crippen LogP contribution is -1.92. The lowest BCUT2D eigenvalue weighted by atomic mass is 10.1. The van der Waals surface area contributed by atoms with Crippen LogP contribution in [0.3, 0.4) is 0 Å². The third kappa shape index (κ3) is 3.02. The van der Waals surface area contributed by atoms with E-state index >= 15 is 0 Å². The Kier molecular flexibility index (Phi) is 3.74. The van der Waals surface area contributed by atoms with E-state index in [1.165, 1.54) is 30.4 Å². The SMILES string of the molecule is O=Cc1cccc(F)c1C=CCC(=O)O. The minimum atomic E-state index is -1.00. The zero-order valence-electron chi connectivity index (χ0n) is 7.81. The van der Waals surface area contributed by atoms with E-state index in [0.29, 0.717) is 6.29 Å². The minimum absolute atomic E-state index is 0.119. The average molecular weight is 208 g/mol. The first kappa shape index (κ1) is 11.1. The summed E-state index contributed by atoms with van der Waals surface area (Å²) in [7, 11) is 0. The largest absolute Gasteiger partial charge is 0.481 e. The molecule has 3 nitrogen and oxygen atoms in total. The molecule has 0 fully saturated rings. The summed E-state index contributed by atoms with van der Waals surface area (Å²) < 4.78 is 13.2. The van der Waals surface area contributed by atoms with Gasteiger partial charge in [0.15, 0.2) is 6.29 Å². The normalized spacial score (nSPS) is 10.5. The number of carboxylic acids is 1. The lowest BCUT2D eigenvalue weighted by molar-refractivity contribution is -0.135. The number of rotatable bonds is 4. The van der Waals surface area contributed by atoms with Gasteiger partial charge in [0.25, 0.3) is 0 Å². The van der Waals surface area contributed by atoms with E-state index in [2.05, 4.69) is 0 Å². The summed E-state index contributed by atoms with van der Waals surface area (Å²) in [5.74, 6) is -1.54. The van der Waals surface area contributed by atoms with Crippen molar-refractivity contribution in [3.8, 4) is 0 Å². The molecule has 1 aromatic carbocycles. The summed E-state index contributed by atoms with van der Waals surface area (Å²) in [4.78, 5) is 20.8. The minimum Gasteiger partial charge on any atom is -0.481 e. The molecule has 0 saturated heterocycles. The van der Waals surface area contributed by atoms with Crippen LogP contribution in [0.15, 0.2) is 24.3 Å². The number of hydrogen-bond acceptors (Lipinski definition) is 2. The van der Waals surface area contributed by atoms with Gasteiger partial charge in [0, 0.05) is 11.1 Å². The number of aliphatic carboxylic acids is 1. The third-order valence-electron chi connectivity index (χ3n) is 1.79. The van der Waals surface area contributed by atoms with Crippen LogP contribution in [-0.4, -0.2) is 17.4 Å². The quantitative estimate of drug-likeness (QED) is 0.771. The fourth-order valence-electron chi connectivity index (χ4n) is 1.11. The molecule has 0 radical (unpaired) electrons. The second-order valence-electron chi connectivity index (χ2n) is 2.86. The van der Waals surface area contributed by atoms with Gasteiger partial charge in [-0.3, -0.25) is 9.59 Å². The van der Waals surface area contributed by atoms with E-state index < -0.39 is 11.8 Å². The number of carbonyl (C=O) groups is 2. The molecular weight excluding hydrogens is 199 g/mol. The number of carbonyl (C=O) groups excluding carboxylic acids is 1. The van der Waals surface area contributed by atoms with Crippen molar-refractivity contribution in [2.75, 3.05) is 0 Å². The van der Waals surface area contributed by atoms with Crippen molar-refractivity contribution in [1.29, 1.82) is 0 Å². The molecule has 0 bridgehead atoms. The van der Waals surface area contributed by atoms with Gasteiger partial charge in [-0.05, 0) is 6.07 Å². The maximum Gasteiger partial charge on any atom is 0.307 e. The predicted octanol–water partition coefficient (Wildman–Crippen LogP) is 2.13. The first-order valence-electron chi connectivity index (χ1n) is 4.27. The van der Waals surface area contributed by atoms with Crippen molar-refractivity contribution in [3.05, 3.63) is 41.2 Å². The van der Waals surface area contributed by atoms with Crippen LogP contribution in [0, 0.1) is 5.82 Å². The molecule has 1 rings (SSSR count). The lowest BCUT2D eigenvalue weighted by Gasteiger charge is -1.99. The van der Waals surface area contributed by atoms with Gasteiger partial charge in [0.05, 0.1) is 6.42 Å². The van der Waals surface area contributed by atoms with Crippen LogP contribution in [0.1, 0.15) is 22.3 Å². The summed E-state index contributed by atoms with van der Waals surface area (Å²) in [5, 5.41) is 8.37. The zero-order valence-corrected chi connectivity index (χ0v) is 7.81. The number of aldehydes is 1. The van der Waals surface area contributed by atoms with Gasteiger partial charge < -0.3 is 5.11 Å². The number of benzene rings is 1. The van der Waals surface area contributed by atoms with Crippen LogP contribution in [0.2, 0.25) is 0 Å². The summed E-state index contributed by atoms with van der Waals surface area (Å²) in [6.45, 7) is 0. The highest BCUT2D eigenvalue weighted by atomic mass is 19.1. The molecule has 0 saturated carbocycles. The van der Waals surface area contributed by atoms with Gasteiger partial charge in [0.2, 0.25) is 0 Å². The molecule has 0 aliphatic rings. The molecule has 0 heterocycles. The second-order valence-corrected chi connectivity index (χ2v) is 2.86. The second kappa shape index (κ2) is 5.05. The molecule has 0 spiro atoms. The Morgan fingerprint density at radius 2 is 2.20 bits per heavy atom. The monoisotopic (exact) mass is 208 g/mol. The first-order valence-corrected chi connectivity index (χ1v) is 4.27. The van der Waals surface area contributed by atoms with Crippen molar-refractivity contribution < 1.29 is 19.1 Å². The smallest absolute Gasteiger partial charge is 0.307 e. The topological polar surface area (TPSA) is 54.4 Å². The molecule has 4 heteroatoms. The molecule has 0 aliphatic carbocycles. The summed E-state index contributed by atoms with van der Waals surface area (Å²) >= 11 is 0. The van der Waals surface area contributed by atoms with Crippen LogP contribution in [-0.2, 0) is 4.79 Å². The Bertz CT molecular complexity index is 410. The van der Waals surface area contributed by atoms with Gasteiger partial charge in [-0.15, -0.1) is 0 Å². The van der Waals surface area contributed by atoms with E-state index in [1.807, 2.05) is 0 Å². The Labute approximate surface area is 85.8 Å². The van der Waals surface area contributed by atoms with Gasteiger partial charge in [-0.25, -0.2) is 4.39 Å². The predicted molar refractivity (Wildman–Crippen MR) is 53.1 cm³/mol. The summed E-state index contributed by atoms with van der Waals surface area (Å²) in [5.41, 5.74) is 0.324. The molecule has 0 unspecified atom stereocenters. The van der Waals surface area contributed by atoms with Gasteiger partial charge in [0.1, 0.15) is 5.82 Å². The molecule has 15 heavy (non-hydrogen) atoms. The summed E-state index contributed by atoms with van der Waals surface area (Å²) in [6, 6.07) is 4.11. The highest BCUT2D eigenvalue weighted by Crippen LogP contribution is 2.13. The van der Waals surface area contributed by atoms with Crippen molar-refractivity contribution in [3.63, 3.8) is 0 Å². The van der Waals surface area contributed by atoms with Crippen LogP contribution in [0.5, 0.6) is 0 Å². The van der Waals surface area contributed by atoms with E-state index in [1.54, 1.807) is 0 Å². The maximum atomic E-state index is 13.2. The van der Waals surface area contributed by atoms with Crippen LogP contribution >= 0.6 is 0 Å².